The van der Waals surface area contributed by atoms with Gasteiger partial charge in [0.2, 0.25) is 0 Å². The quantitative estimate of drug-likeness (QED) is 0.543. The number of methoxy groups -OCH3 is 1. The molecule has 168 valence electrons. The smallest absolute Gasteiger partial charge is 0.319 e. The van der Waals surface area contributed by atoms with E-state index in [4.69, 9.17) is 4.74 Å². The highest BCUT2D eigenvalue weighted by Crippen LogP contribution is 2.33. The molecule has 3 atom stereocenters. The van der Waals surface area contributed by atoms with Gasteiger partial charge in [-0.25, -0.2) is 18.9 Å². The van der Waals surface area contributed by atoms with Gasteiger partial charge >= 0.3 is 6.03 Å². The second-order valence-corrected chi connectivity index (χ2v) is 7.73. The molecule has 0 aliphatic heterocycles. The lowest BCUT2D eigenvalue weighted by atomic mass is 9.83. The van der Waals surface area contributed by atoms with Crippen LogP contribution in [0.5, 0.6) is 0 Å². The normalized spacial score (nSPS) is 20.7. The van der Waals surface area contributed by atoms with Crippen LogP contribution in [0.3, 0.4) is 0 Å². The monoisotopic (exact) mass is 440 g/mol. The Labute approximate surface area is 184 Å². The van der Waals surface area contributed by atoms with Crippen molar-refractivity contribution in [3.8, 4) is 5.69 Å². The van der Waals surface area contributed by atoms with E-state index < -0.39 is 18.2 Å². The maximum atomic E-state index is 13.1. The SMILES string of the molecule is COCc1nc([C@H]2CC[C@@H](O)[C@H](NC(=O)Nc3ccc(F)cc3)C2)n(-c2cccnc2)n1. The minimum Gasteiger partial charge on any atom is -0.391 e. The summed E-state index contributed by atoms with van der Waals surface area (Å²) in [7, 11) is 1.58. The van der Waals surface area contributed by atoms with Gasteiger partial charge in [0.25, 0.3) is 0 Å². The summed E-state index contributed by atoms with van der Waals surface area (Å²) in [6.45, 7) is 0.275. The molecule has 1 aromatic carbocycles. The first kappa shape index (κ1) is 21.8. The van der Waals surface area contributed by atoms with Gasteiger partial charge < -0.3 is 20.5 Å². The number of amides is 2. The van der Waals surface area contributed by atoms with Gasteiger partial charge in [-0.1, -0.05) is 0 Å². The van der Waals surface area contributed by atoms with Gasteiger partial charge in [-0.15, -0.1) is 5.10 Å². The number of hydrogen-bond donors (Lipinski definition) is 3. The maximum absolute atomic E-state index is 13.1. The highest BCUT2D eigenvalue weighted by atomic mass is 19.1. The van der Waals surface area contributed by atoms with Crippen molar-refractivity contribution in [2.24, 2.45) is 0 Å². The number of carbonyl (C=O) groups is 1. The number of aliphatic hydroxyl groups excluding tert-OH is 1. The molecule has 9 nitrogen and oxygen atoms in total. The molecule has 3 aromatic rings. The van der Waals surface area contributed by atoms with E-state index in [-0.39, 0.29) is 18.3 Å². The maximum Gasteiger partial charge on any atom is 0.319 e. The summed E-state index contributed by atoms with van der Waals surface area (Å²) in [6.07, 6.45) is 4.41. The minimum atomic E-state index is -0.682. The summed E-state index contributed by atoms with van der Waals surface area (Å²) in [4.78, 5) is 21.3. The van der Waals surface area contributed by atoms with Crippen LogP contribution in [0, 0.1) is 5.82 Å². The third kappa shape index (κ3) is 5.09. The largest absolute Gasteiger partial charge is 0.391 e. The van der Waals surface area contributed by atoms with Gasteiger partial charge in [-0.05, 0) is 55.7 Å². The summed E-state index contributed by atoms with van der Waals surface area (Å²) in [5.74, 6) is 0.874. The van der Waals surface area contributed by atoms with Crippen LogP contribution >= 0.6 is 0 Å². The Bertz CT molecular complexity index is 1040. The number of hydrogen-bond acceptors (Lipinski definition) is 6. The number of urea groups is 1. The lowest BCUT2D eigenvalue weighted by Gasteiger charge is -2.33. The Balaban J connectivity index is 1.50. The molecule has 1 fully saturated rings. The number of carbonyl (C=O) groups excluding carboxylic acids is 1. The number of aliphatic hydroxyl groups is 1. The lowest BCUT2D eigenvalue weighted by Crippen LogP contribution is -2.48. The Morgan fingerprint density at radius 3 is 2.81 bits per heavy atom. The summed E-state index contributed by atoms with van der Waals surface area (Å²) < 4.78 is 20.0. The lowest BCUT2D eigenvalue weighted by molar-refractivity contribution is 0.0864. The number of anilines is 1. The van der Waals surface area contributed by atoms with Crippen molar-refractivity contribution in [3.05, 3.63) is 66.3 Å². The zero-order valence-electron chi connectivity index (χ0n) is 17.6. The van der Waals surface area contributed by atoms with Gasteiger partial charge in [0.05, 0.1) is 24.0 Å². The van der Waals surface area contributed by atoms with Crippen LogP contribution in [0.15, 0.2) is 48.8 Å². The molecule has 0 radical (unpaired) electrons. The van der Waals surface area contributed by atoms with E-state index in [1.54, 1.807) is 24.2 Å². The first-order chi connectivity index (χ1) is 15.5. The van der Waals surface area contributed by atoms with E-state index in [9.17, 15) is 14.3 Å². The average Bonchev–Trinajstić information content (AvgIpc) is 3.22. The molecule has 4 rings (SSSR count). The van der Waals surface area contributed by atoms with Crippen LogP contribution in [0.25, 0.3) is 5.69 Å². The first-order valence-corrected chi connectivity index (χ1v) is 10.4. The van der Waals surface area contributed by atoms with Crippen LogP contribution in [0.1, 0.15) is 36.8 Å². The van der Waals surface area contributed by atoms with Crippen molar-refractivity contribution in [3.63, 3.8) is 0 Å². The molecule has 1 saturated carbocycles. The fraction of sp³-hybridized carbons (Fsp3) is 0.364. The zero-order chi connectivity index (χ0) is 22.5. The van der Waals surface area contributed by atoms with Crippen molar-refractivity contribution in [1.82, 2.24) is 25.1 Å². The minimum absolute atomic E-state index is 0.0344. The fourth-order valence-corrected chi connectivity index (χ4v) is 3.91. The number of benzene rings is 1. The van der Waals surface area contributed by atoms with Crippen LogP contribution in [0.4, 0.5) is 14.9 Å². The summed E-state index contributed by atoms with van der Waals surface area (Å²) >= 11 is 0. The van der Waals surface area contributed by atoms with E-state index >= 15 is 0 Å². The molecular formula is C22H25FN6O3. The summed E-state index contributed by atoms with van der Waals surface area (Å²) in [5.41, 5.74) is 1.24. The van der Waals surface area contributed by atoms with Crippen molar-refractivity contribution < 1.29 is 19.0 Å². The van der Waals surface area contributed by atoms with E-state index in [0.29, 0.717) is 30.8 Å². The predicted octanol–water partition coefficient (Wildman–Crippen LogP) is 2.77. The molecule has 0 bridgehead atoms. The number of halogens is 1. The highest BCUT2D eigenvalue weighted by Gasteiger charge is 2.34. The van der Waals surface area contributed by atoms with E-state index in [1.165, 1.54) is 24.3 Å². The second kappa shape index (κ2) is 9.84. The second-order valence-electron chi connectivity index (χ2n) is 7.73. The standard InChI is InChI=1S/C22H25FN6O3/c1-32-13-20-27-21(29(28-20)17-3-2-10-24-12-17)14-4-9-19(30)18(11-14)26-22(31)25-16-7-5-15(23)6-8-16/h2-3,5-8,10,12,14,18-19,30H,4,9,11,13H2,1H3,(H2,25,26,31)/t14-,18+,19+/m0/s1. The molecule has 1 aliphatic carbocycles. The molecular weight excluding hydrogens is 415 g/mol. The summed E-state index contributed by atoms with van der Waals surface area (Å²) in [6, 6.07) is 8.27. The molecule has 2 amide bonds. The van der Waals surface area contributed by atoms with Gasteiger partial charge in [0.15, 0.2) is 5.82 Å². The van der Waals surface area contributed by atoms with Crippen molar-refractivity contribution in [2.45, 2.75) is 43.9 Å². The molecule has 1 aliphatic rings. The van der Waals surface area contributed by atoms with Gasteiger partial charge in [0, 0.05) is 24.9 Å². The molecule has 10 heteroatoms. The molecule has 0 unspecified atom stereocenters. The van der Waals surface area contributed by atoms with Crippen LogP contribution < -0.4 is 10.6 Å². The zero-order valence-corrected chi connectivity index (χ0v) is 17.6. The molecule has 32 heavy (non-hydrogen) atoms. The van der Waals surface area contributed by atoms with E-state index in [1.807, 2.05) is 12.1 Å². The molecule has 0 saturated heterocycles. The number of nitrogens with one attached hydrogen (secondary N) is 2. The van der Waals surface area contributed by atoms with Crippen LogP contribution in [-0.4, -0.2) is 50.1 Å². The molecule has 2 aromatic heterocycles. The molecule has 3 N–H and O–H groups in total. The number of nitrogens with zero attached hydrogens (tertiary/aromatic N) is 4. The van der Waals surface area contributed by atoms with Crippen molar-refractivity contribution in [1.29, 1.82) is 0 Å². The topological polar surface area (TPSA) is 114 Å². The van der Waals surface area contributed by atoms with Crippen molar-refractivity contribution >= 4 is 11.7 Å². The number of rotatable bonds is 6. The Hall–Kier alpha value is -3.37. The third-order valence-electron chi connectivity index (χ3n) is 5.44. The number of pyridine rings is 1. The average molecular weight is 440 g/mol. The number of ether oxygens (including phenoxy) is 1. The first-order valence-electron chi connectivity index (χ1n) is 10.4. The molecule has 0 spiro atoms. The van der Waals surface area contributed by atoms with Crippen molar-refractivity contribution in [2.75, 3.05) is 12.4 Å². The highest BCUT2D eigenvalue weighted by molar-refractivity contribution is 5.89. The van der Waals surface area contributed by atoms with Gasteiger partial charge in [0.1, 0.15) is 18.2 Å². The third-order valence-corrected chi connectivity index (χ3v) is 5.44. The Morgan fingerprint density at radius 1 is 1.28 bits per heavy atom. The van der Waals surface area contributed by atoms with Crippen LogP contribution in [0.2, 0.25) is 0 Å². The predicted molar refractivity (Wildman–Crippen MR) is 115 cm³/mol. The Kier molecular flexibility index (Phi) is 6.72. The fourth-order valence-electron chi connectivity index (χ4n) is 3.91. The van der Waals surface area contributed by atoms with E-state index in [2.05, 4.69) is 25.7 Å². The number of aromatic nitrogens is 4. The Morgan fingerprint density at radius 2 is 2.09 bits per heavy atom. The van der Waals surface area contributed by atoms with Crippen LogP contribution in [-0.2, 0) is 11.3 Å². The van der Waals surface area contributed by atoms with E-state index in [0.717, 1.165) is 11.5 Å². The van der Waals surface area contributed by atoms with Gasteiger partial charge in [-0.2, -0.15) is 0 Å². The van der Waals surface area contributed by atoms with Gasteiger partial charge in [-0.3, -0.25) is 4.98 Å². The summed E-state index contributed by atoms with van der Waals surface area (Å²) in [5, 5.41) is 20.6. The molecule has 2 heterocycles.